The lowest BCUT2D eigenvalue weighted by molar-refractivity contribution is 0.0223. The van der Waals surface area contributed by atoms with Gasteiger partial charge in [0.1, 0.15) is 0 Å². The number of halogens is 2. The number of rotatable bonds is 12. The van der Waals surface area contributed by atoms with E-state index in [-0.39, 0.29) is 0 Å². The van der Waals surface area contributed by atoms with Gasteiger partial charge in [-0.2, -0.15) is 0 Å². The molecule has 1 unspecified atom stereocenters. The summed E-state index contributed by atoms with van der Waals surface area (Å²) >= 11 is 12.0. The van der Waals surface area contributed by atoms with E-state index in [0.29, 0.717) is 44.8 Å². The van der Waals surface area contributed by atoms with Crippen LogP contribution in [0, 0.1) is 5.92 Å². The molecule has 0 saturated heterocycles. The van der Waals surface area contributed by atoms with E-state index < -0.39 is 0 Å². The average molecular weight is 335 g/mol. The van der Waals surface area contributed by atoms with Gasteiger partial charge in [-0.15, -0.1) is 11.6 Å². The molecule has 1 aromatic rings. The van der Waals surface area contributed by atoms with Crippen LogP contribution >= 0.6 is 23.2 Å². The van der Waals surface area contributed by atoms with Crippen molar-refractivity contribution in [2.45, 2.75) is 12.8 Å². The number of hydrogen-bond acceptors (Lipinski definition) is 3. The molecule has 0 spiro atoms. The van der Waals surface area contributed by atoms with Crippen molar-refractivity contribution in [2.75, 3.05) is 46.0 Å². The predicted octanol–water partition coefficient (Wildman–Crippen LogP) is 3.81. The fraction of sp³-hybridized carbons (Fsp3) is 0.625. The van der Waals surface area contributed by atoms with Crippen molar-refractivity contribution in [3.63, 3.8) is 0 Å². The van der Waals surface area contributed by atoms with Crippen LogP contribution in [0.4, 0.5) is 0 Å². The Hall–Kier alpha value is -0.320. The van der Waals surface area contributed by atoms with Gasteiger partial charge in [0.15, 0.2) is 0 Å². The molecule has 0 N–H and O–H groups in total. The van der Waals surface area contributed by atoms with Gasteiger partial charge in [-0.3, -0.25) is 0 Å². The third-order valence-corrected chi connectivity index (χ3v) is 3.78. The number of hydrogen-bond donors (Lipinski definition) is 0. The van der Waals surface area contributed by atoms with Crippen LogP contribution in [0.1, 0.15) is 12.0 Å². The molecular formula is C16H24Cl2O3. The Morgan fingerprint density at radius 1 is 1.05 bits per heavy atom. The molecule has 0 aromatic heterocycles. The van der Waals surface area contributed by atoms with Crippen molar-refractivity contribution in [3.05, 3.63) is 34.9 Å². The maximum Gasteiger partial charge on any atom is 0.0701 e. The highest BCUT2D eigenvalue weighted by Gasteiger charge is 2.09. The van der Waals surface area contributed by atoms with Crippen LogP contribution in [0.5, 0.6) is 0 Å². The molecule has 21 heavy (non-hydrogen) atoms. The molecule has 0 bridgehead atoms. The van der Waals surface area contributed by atoms with Gasteiger partial charge in [-0.05, 0) is 36.5 Å². The summed E-state index contributed by atoms with van der Waals surface area (Å²) in [5.74, 6) is 1.03. The van der Waals surface area contributed by atoms with Crippen molar-refractivity contribution in [2.24, 2.45) is 5.92 Å². The Labute approximate surface area is 137 Å². The lowest BCUT2D eigenvalue weighted by Gasteiger charge is -2.14. The van der Waals surface area contributed by atoms with Crippen LogP contribution in [0.3, 0.4) is 0 Å². The van der Waals surface area contributed by atoms with Crippen molar-refractivity contribution < 1.29 is 14.2 Å². The Morgan fingerprint density at radius 3 is 2.43 bits per heavy atom. The SMILES string of the molecule is COCCOCCOCCC(CCl)Cc1cccc(Cl)c1. The molecule has 1 rings (SSSR count). The fourth-order valence-electron chi connectivity index (χ4n) is 1.95. The molecule has 0 aliphatic rings. The molecule has 0 heterocycles. The molecule has 0 aliphatic carbocycles. The summed E-state index contributed by atoms with van der Waals surface area (Å²) in [6, 6.07) is 7.92. The molecule has 0 saturated carbocycles. The zero-order valence-corrected chi connectivity index (χ0v) is 14.0. The number of alkyl halides is 1. The topological polar surface area (TPSA) is 27.7 Å². The Balaban J connectivity index is 2.11. The standard InChI is InChI=1S/C16H24Cl2O3/c1-19-7-8-21-10-9-20-6-5-15(13-17)11-14-3-2-4-16(18)12-14/h2-4,12,15H,5-11,13H2,1H3. The van der Waals surface area contributed by atoms with Crippen LogP contribution in [-0.2, 0) is 20.6 Å². The minimum Gasteiger partial charge on any atom is -0.382 e. The number of methoxy groups -OCH3 is 1. The summed E-state index contributed by atoms with van der Waals surface area (Å²) in [7, 11) is 1.66. The van der Waals surface area contributed by atoms with E-state index in [0.717, 1.165) is 17.9 Å². The monoisotopic (exact) mass is 334 g/mol. The maximum absolute atomic E-state index is 6.03. The van der Waals surface area contributed by atoms with Crippen molar-refractivity contribution in [3.8, 4) is 0 Å². The first kappa shape index (κ1) is 18.7. The normalized spacial score (nSPS) is 12.5. The van der Waals surface area contributed by atoms with Crippen LogP contribution in [0.15, 0.2) is 24.3 Å². The second-order valence-electron chi connectivity index (χ2n) is 4.86. The van der Waals surface area contributed by atoms with Gasteiger partial charge >= 0.3 is 0 Å². The van der Waals surface area contributed by atoms with Crippen molar-refractivity contribution in [1.82, 2.24) is 0 Å². The van der Waals surface area contributed by atoms with Gasteiger partial charge in [0.05, 0.1) is 26.4 Å². The average Bonchev–Trinajstić information content (AvgIpc) is 2.48. The highest BCUT2D eigenvalue weighted by molar-refractivity contribution is 6.30. The molecule has 0 aliphatic heterocycles. The highest BCUT2D eigenvalue weighted by atomic mass is 35.5. The highest BCUT2D eigenvalue weighted by Crippen LogP contribution is 2.17. The van der Waals surface area contributed by atoms with Gasteiger partial charge in [0, 0.05) is 24.6 Å². The largest absolute Gasteiger partial charge is 0.382 e. The molecule has 5 heteroatoms. The minimum atomic E-state index is 0.402. The molecule has 0 fully saturated rings. The summed E-state index contributed by atoms with van der Waals surface area (Å²) in [5.41, 5.74) is 1.22. The summed E-state index contributed by atoms with van der Waals surface area (Å²) in [6.45, 7) is 3.14. The van der Waals surface area contributed by atoms with Crippen molar-refractivity contribution >= 4 is 23.2 Å². The quantitative estimate of drug-likeness (QED) is 0.429. The van der Waals surface area contributed by atoms with Gasteiger partial charge in [-0.1, -0.05) is 23.7 Å². The fourth-order valence-corrected chi connectivity index (χ4v) is 2.42. The van der Waals surface area contributed by atoms with Gasteiger partial charge in [-0.25, -0.2) is 0 Å². The molecule has 120 valence electrons. The maximum atomic E-state index is 6.03. The van der Waals surface area contributed by atoms with E-state index in [1.807, 2.05) is 18.2 Å². The Bertz CT molecular complexity index is 374. The van der Waals surface area contributed by atoms with E-state index in [1.54, 1.807) is 7.11 Å². The van der Waals surface area contributed by atoms with E-state index in [9.17, 15) is 0 Å². The van der Waals surface area contributed by atoms with E-state index >= 15 is 0 Å². The zero-order valence-electron chi connectivity index (χ0n) is 12.5. The zero-order chi connectivity index (χ0) is 15.3. The molecule has 1 atom stereocenters. The van der Waals surface area contributed by atoms with Gasteiger partial charge < -0.3 is 14.2 Å². The number of benzene rings is 1. The van der Waals surface area contributed by atoms with Crippen molar-refractivity contribution in [1.29, 1.82) is 0 Å². The minimum absolute atomic E-state index is 0.402. The van der Waals surface area contributed by atoms with Gasteiger partial charge in [0.25, 0.3) is 0 Å². The molecule has 0 radical (unpaired) electrons. The third-order valence-electron chi connectivity index (χ3n) is 3.11. The van der Waals surface area contributed by atoms with Crippen LogP contribution in [0.2, 0.25) is 5.02 Å². The van der Waals surface area contributed by atoms with Crippen LogP contribution in [-0.4, -0.2) is 46.0 Å². The number of ether oxygens (including phenoxy) is 3. The lowest BCUT2D eigenvalue weighted by Crippen LogP contribution is -2.13. The summed E-state index contributed by atoms with van der Waals surface area (Å²) < 4.78 is 15.8. The first-order chi connectivity index (χ1) is 10.3. The first-order valence-electron chi connectivity index (χ1n) is 7.21. The predicted molar refractivity (Wildman–Crippen MR) is 87.5 cm³/mol. The molecule has 1 aromatic carbocycles. The summed E-state index contributed by atoms with van der Waals surface area (Å²) in [6.07, 6.45) is 1.87. The van der Waals surface area contributed by atoms with E-state index in [2.05, 4.69) is 6.07 Å². The molecule has 3 nitrogen and oxygen atoms in total. The van der Waals surface area contributed by atoms with Gasteiger partial charge in [0.2, 0.25) is 0 Å². The second-order valence-corrected chi connectivity index (χ2v) is 5.61. The Kier molecular flexibility index (Phi) is 10.9. The molecular weight excluding hydrogens is 311 g/mol. The summed E-state index contributed by atoms with van der Waals surface area (Å²) in [5, 5.41) is 0.769. The smallest absolute Gasteiger partial charge is 0.0701 e. The third kappa shape index (κ3) is 9.33. The Morgan fingerprint density at radius 2 is 1.76 bits per heavy atom. The van der Waals surface area contributed by atoms with Crippen LogP contribution in [0.25, 0.3) is 0 Å². The van der Waals surface area contributed by atoms with E-state index in [1.165, 1.54) is 5.56 Å². The summed E-state index contributed by atoms with van der Waals surface area (Å²) in [4.78, 5) is 0. The van der Waals surface area contributed by atoms with E-state index in [4.69, 9.17) is 37.4 Å². The second kappa shape index (κ2) is 12.2. The van der Waals surface area contributed by atoms with Crippen LogP contribution < -0.4 is 0 Å². The molecule has 0 amide bonds. The lowest BCUT2D eigenvalue weighted by atomic mass is 9.98. The first-order valence-corrected chi connectivity index (χ1v) is 8.12.